The van der Waals surface area contributed by atoms with Crippen molar-refractivity contribution in [3.8, 4) is 0 Å². The molecule has 0 aromatic heterocycles. The number of nitrogens with zero attached hydrogens (tertiary/aromatic N) is 1. The summed E-state index contributed by atoms with van der Waals surface area (Å²) in [5.74, 6) is 0.711. The van der Waals surface area contributed by atoms with Crippen LogP contribution in [0.4, 0.5) is 0 Å². The van der Waals surface area contributed by atoms with Crippen molar-refractivity contribution in [2.75, 3.05) is 0 Å². The second kappa shape index (κ2) is 3.23. The van der Waals surface area contributed by atoms with Gasteiger partial charge in [-0.1, -0.05) is 12.2 Å². The molecule has 0 spiro atoms. The van der Waals surface area contributed by atoms with Gasteiger partial charge in [-0.3, -0.25) is 4.99 Å². The Morgan fingerprint density at radius 2 is 2.45 bits per heavy atom. The summed E-state index contributed by atoms with van der Waals surface area (Å²) < 4.78 is 0. The highest BCUT2D eigenvalue weighted by atomic mass is 15.1. The SMILES string of the molecule is C/C=C\C1N=CNC(N)=C1C. The average Bonchev–Trinajstić information content (AvgIpc) is 1.99. The van der Waals surface area contributed by atoms with Crippen LogP contribution < -0.4 is 11.1 Å². The number of hydrogen-bond donors (Lipinski definition) is 2. The minimum Gasteiger partial charge on any atom is -0.385 e. The number of aliphatic imine (C=N–C) groups is 1. The maximum atomic E-state index is 5.64. The maximum absolute atomic E-state index is 5.64. The number of hydrogen-bond acceptors (Lipinski definition) is 3. The molecule has 0 aromatic rings. The molecule has 60 valence electrons. The van der Waals surface area contributed by atoms with Crippen molar-refractivity contribution in [1.82, 2.24) is 5.32 Å². The minimum atomic E-state index is 0.126. The van der Waals surface area contributed by atoms with E-state index < -0.39 is 0 Å². The second-order valence-electron chi connectivity index (χ2n) is 2.49. The van der Waals surface area contributed by atoms with Crippen LogP contribution in [0.15, 0.2) is 28.5 Å². The third kappa shape index (κ3) is 1.61. The van der Waals surface area contributed by atoms with E-state index in [0.717, 1.165) is 5.57 Å². The molecule has 1 heterocycles. The molecule has 3 nitrogen and oxygen atoms in total. The lowest BCUT2D eigenvalue weighted by Crippen LogP contribution is -2.28. The van der Waals surface area contributed by atoms with E-state index >= 15 is 0 Å². The summed E-state index contributed by atoms with van der Waals surface area (Å²) in [5.41, 5.74) is 6.72. The van der Waals surface area contributed by atoms with Crippen molar-refractivity contribution >= 4 is 6.34 Å². The molecule has 1 unspecified atom stereocenters. The molecule has 0 bridgehead atoms. The highest BCUT2D eigenvalue weighted by Gasteiger charge is 2.10. The zero-order valence-corrected chi connectivity index (χ0v) is 6.83. The van der Waals surface area contributed by atoms with Gasteiger partial charge in [0.25, 0.3) is 0 Å². The lowest BCUT2D eigenvalue weighted by atomic mass is 10.1. The van der Waals surface area contributed by atoms with Gasteiger partial charge in [0.05, 0.1) is 12.4 Å². The van der Waals surface area contributed by atoms with E-state index in [2.05, 4.69) is 10.3 Å². The van der Waals surface area contributed by atoms with Gasteiger partial charge in [-0.05, 0) is 19.4 Å². The van der Waals surface area contributed by atoms with Gasteiger partial charge in [0.2, 0.25) is 0 Å². The first kappa shape index (κ1) is 7.85. The standard InChI is InChI=1S/C8H13N3/c1-3-4-7-6(2)8(9)11-5-10-7/h3-5,7H,9H2,1-2H3,(H,10,11)/b4-3-. The van der Waals surface area contributed by atoms with Crippen molar-refractivity contribution in [3.63, 3.8) is 0 Å². The Labute approximate surface area is 66.7 Å². The third-order valence-electron chi connectivity index (χ3n) is 1.70. The molecule has 0 fully saturated rings. The predicted molar refractivity (Wildman–Crippen MR) is 47.1 cm³/mol. The van der Waals surface area contributed by atoms with Gasteiger partial charge in [-0.2, -0.15) is 0 Å². The van der Waals surface area contributed by atoms with Crippen molar-refractivity contribution in [2.24, 2.45) is 10.7 Å². The van der Waals surface area contributed by atoms with Crippen LogP contribution in [0, 0.1) is 0 Å². The summed E-state index contributed by atoms with van der Waals surface area (Å²) >= 11 is 0. The number of allylic oxidation sites excluding steroid dienone is 1. The third-order valence-corrected chi connectivity index (χ3v) is 1.70. The number of rotatable bonds is 1. The average molecular weight is 151 g/mol. The number of nitrogens with one attached hydrogen (secondary N) is 1. The monoisotopic (exact) mass is 151 g/mol. The van der Waals surface area contributed by atoms with Crippen LogP contribution in [0.5, 0.6) is 0 Å². The summed E-state index contributed by atoms with van der Waals surface area (Å²) in [6, 6.07) is 0.126. The van der Waals surface area contributed by atoms with E-state index in [9.17, 15) is 0 Å². The number of nitrogens with two attached hydrogens (primary N) is 1. The molecule has 11 heavy (non-hydrogen) atoms. The highest BCUT2D eigenvalue weighted by Crippen LogP contribution is 2.10. The van der Waals surface area contributed by atoms with Crippen molar-refractivity contribution < 1.29 is 0 Å². The maximum Gasteiger partial charge on any atom is 0.103 e. The predicted octanol–water partition coefficient (Wildman–Crippen LogP) is 0.753. The van der Waals surface area contributed by atoms with E-state index in [-0.39, 0.29) is 6.04 Å². The first-order chi connectivity index (χ1) is 5.25. The zero-order chi connectivity index (χ0) is 8.27. The van der Waals surface area contributed by atoms with Crippen molar-refractivity contribution in [2.45, 2.75) is 19.9 Å². The first-order valence-corrected chi connectivity index (χ1v) is 3.63. The topological polar surface area (TPSA) is 50.4 Å². The molecule has 3 heteroatoms. The van der Waals surface area contributed by atoms with Gasteiger partial charge in [0, 0.05) is 0 Å². The Morgan fingerprint density at radius 3 is 3.09 bits per heavy atom. The van der Waals surface area contributed by atoms with E-state index in [4.69, 9.17) is 5.73 Å². The van der Waals surface area contributed by atoms with Crippen molar-refractivity contribution in [3.05, 3.63) is 23.5 Å². The molecule has 0 aromatic carbocycles. The molecule has 1 aliphatic rings. The van der Waals surface area contributed by atoms with Gasteiger partial charge >= 0.3 is 0 Å². The molecule has 0 amide bonds. The van der Waals surface area contributed by atoms with Gasteiger partial charge in [-0.25, -0.2) is 0 Å². The van der Waals surface area contributed by atoms with E-state index in [1.807, 2.05) is 26.0 Å². The van der Waals surface area contributed by atoms with Gasteiger partial charge in [0.1, 0.15) is 5.82 Å². The molecule has 0 saturated heterocycles. The largest absolute Gasteiger partial charge is 0.385 e. The molecule has 1 rings (SSSR count). The quantitative estimate of drug-likeness (QED) is 0.543. The van der Waals surface area contributed by atoms with Crippen LogP contribution in [-0.2, 0) is 0 Å². The second-order valence-corrected chi connectivity index (χ2v) is 2.49. The van der Waals surface area contributed by atoms with Gasteiger partial charge in [-0.15, -0.1) is 0 Å². The molecular formula is C8H13N3. The van der Waals surface area contributed by atoms with Crippen LogP contribution in [0.2, 0.25) is 0 Å². The normalized spacial score (nSPS) is 24.4. The van der Waals surface area contributed by atoms with Crippen LogP contribution >= 0.6 is 0 Å². The summed E-state index contributed by atoms with van der Waals surface area (Å²) in [6.45, 7) is 3.95. The van der Waals surface area contributed by atoms with Gasteiger partial charge in [0.15, 0.2) is 0 Å². The van der Waals surface area contributed by atoms with E-state index in [1.54, 1.807) is 6.34 Å². The van der Waals surface area contributed by atoms with Crippen LogP contribution in [0.25, 0.3) is 0 Å². The fourth-order valence-electron chi connectivity index (χ4n) is 0.948. The fraction of sp³-hybridized carbons (Fsp3) is 0.375. The van der Waals surface area contributed by atoms with Crippen LogP contribution in [0.3, 0.4) is 0 Å². The lowest BCUT2D eigenvalue weighted by Gasteiger charge is -2.16. The van der Waals surface area contributed by atoms with E-state index in [0.29, 0.717) is 5.82 Å². The molecule has 3 N–H and O–H groups in total. The zero-order valence-electron chi connectivity index (χ0n) is 6.83. The summed E-state index contributed by atoms with van der Waals surface area (Å²) in [4.78, 5) is 4.19. The van der Waals surface area contributed by atoms with Crippen LogP contribution in [0.1, 0.15) is 13.8 Å². The Kier molecular flexibility index (Phi) is 2.31. The van der Waals surface area contributed by atoms with Crippen LogP contribution in [-0.4, -0.2) is 12.4 Å². The first-order valence-electron chi connectivity index (χ1n) is 3.63. The molecule has 1 atom stereocenters. The summed E-state index contributed by atoms with van der Waals surface area (Å²) in [7, 11) is 0. The fourth-order valence-corrected chi connectivity index (χ4v) is 0.948. The minimum absolute atomic E-state index is 0.126. The Hall–Kier alpha value is -1.25. The molecule has 0 aliphatic carbocycles. The molecule has 0 saturated carbocycles. The smallest absolute Gasteiger partial charge is 0.103 e. The molecule has 1 aliphatic heterocycles. The Balaban J connectivity index is 2.80. The summed E-state index contributed by atoms with van der Waals surface area (Å²) in [5, 5.41) is 2.85. The van der Waals surface area contributed by atoms with Gasteiger partial charge < -0.3 is 11.1 Å². The molecular weight excluding hydrogens is 138 g/mol. The molecule has 0 radical (unpaired) electrons. The summed E-state index contributed by atoms with van der Waals surface area (Å²) in [6.07, 6.45) is 5.62. The van der Waals surface area contributed by atoms with Crippen molar-refractivity contribution in [1.29, 1.82) is 0 Å². The Morgan fingerprint density at radius 1 is 1.73 bits per heavy atom. The van der Waals surface area contributed by atoms with E-state index in [1.165, 1.54) is 0 Å². The highest BCUT2D eigenvalue weighted by molar-refractivity contribution is 5.61. The Bertz CT molecular complexity index is 223. The lowest BCUT2D eigenvalue weighted by molar-refractivity contribution is 0.856.